The Morgan fingerprint density at radius 2 is 2.33 bits per heavy atom. The van der Waals surface area contributed by atoms with E-state index in [1.807, 2.05) is 0 Å². The highest BCUT2D eigenvalue weighted by Gasteiger charge is 2.10. The molecule has 0 fully saturated rings. The molecule has 1 heterocycles. The maximum absolute atomic E-state index is 13.6. The highest BCUT2D eigenvalue weighted by atomic mass is 19.1. The number of aromatic hydroxyl groups is 1. The molecule has 0 saturated heterocycles. The maximum atomic E-state index is 13.6. The summed E-state index contributed by atoms with van der Waals surface area (Å²) < 4.78 is 19.4. The Kier molecular flexibility index (Phi) is 3.27. The third kappa shape index (κ3) is 2.48. The molecule has 0 aliphatic heterocycles. The number of phenols is 1. The Morgan fingerprint density at radius 1 is 1.56 bits per heavy atom. The first-order valence-corrected chi connectivity index (χ1v) is 5.18. The van der Waals surface area contributed by atoms with Crippen LogP contribution >= 0.6 is 0 Å². The minimum Gasteiger partial charge on any atom is -0.508 e. The van der Waals surface area contributed by atoms with E-state index in [2.05, 4.69) is 9.84 Å². The van der Waals surface area contributed by atoms with Crippen LogP contribution in [0.25, 0.3) is 11.1 Å². The number of carbonyl (C=O) groups excluding carboxylic acids is 1. The second kappa shape index (κ2) is 4.87. The van der Waals surface area contributed by atoms with Crippen LogP contribution < -0.4 is 0 Å². The summed E-state index contributed by atoms with van der Waals surface area (Å²) in [6, 6.07) is 3.73. The zero-order valence-corrected chi connectivity index (χ0v) is 9.63. The lowest BCUT2D eigenvalue weighted by atomic mass is 10.1. The number of carbonyl (C=O) groups is 1. The van der Waals surface area contributed by atoms with Gasteiger partial charge in [0.1, 0.15) is 18.1 Å². The van der Waals surface area contributed by atoms with E-state index in [1.165, 1.54) is 42.4 Å². The van der Waals surface area contributed by atoms with Crippen LogP contribution in [-0.2, 0) is 16.1 Å². The molecule has 0 spiro atoms. The average molecular weight is 250 g/mol. The number of phenolic OH excluding ortho intramolecular Hbond substituents is 1. The van der Waals surface area contributed by atoms with E-state index in [0.29, 0.717) is 5.56 Å². The largest absolute Gasteiger partial charge is 0.508 e. The van der Waals surface area contributed by atoms with Crippen molar-refractivity contribution in [1.29, 1.82) is 0 Å². The fourth-order valence-electron chi connectivity index (χ4n) is 1.52. The normalized spacial score (nSPS) is 10.3. The predicted molar refractivity (Wildman–Crippen MR) is 61.3 cm³/mol. The second-order valence-electron chi connectivity index (χ2n) is 3.67. The van der Waals surface area contributed by atoms with Crippen LogP contribution in [0.4, 0.5) is 4.39 Å². The number of nitrogens with zero attached hydrogens (tertiary/aromatic N) is 2. The summed E-state index contributed by atoms with van der Waals surface area (Å²) >= 11 is 0. The van der Waals surface area contributed by atoms with Gasteiger partial charge in [-0.2, -0.15) is 5.10 Å². The molecule has 6 heteroatoms. The summed E-state index contributed by atoms with van der Waals surface area (Å²) in [4.78, 5) is 11.1. The van der Waals surface area contributed by atoms with E-state index in [4.69, 9.17) is 0 Å². The minimum absolute atomic E-state index is 0.0351. The number of aromatic nitrogens is 2. The molecular weight excluding hydrogens is 239 g/mol. The Balaban J connectivity index is 2.29. The average Bonchev–Trinajstić information content (AvgIpc) is 2.80. The lowest BCUT2D eigenvalue weighted by molar-refractivity contribution is -0.141. The molecule has 0 atom stereocenters. The van der Waals surface area contributed by atoms with Crippen molar-refractivity contribution in [2.45, 2.75) is 6.54 Å². The Hall–Kier alpha value is -2.37. The van der Waals surface area contributed by atoms with Gasteiger partial charge >= 0.3 is 5.97 Å². The zero-order chi connectivity index (χ0) is 13.1. The Labute approximate surface area is 102 Å². The number of ether oxygens (including phenoxy) is 1. The number of halogens is 1. The highest BCUT2D eigenvalue weighted by Crippen LogP contribution is 2.25. The van der Waals surface area contributed by atoms with Gasteiger partial charge in [-0.25, -0.2) is 4.39 Å². The van der Waals surface area contributed by atoms with E-state index in [1.54, 1.807) is 0 Å². The van der Waals surface area contributed by atoms with Crippen molar-refractivity contribution < 1.29 is 19.0 Å². The first kappa shape index (κ1) is 12.1. The first-order chi connectivity index (χ1) is 8.60. The van der Waals surface area contributed by atoms with Gasteiger partial charge in [0, 0.05) is 17.3 Å². The van der Waals surface area contributed by atoms with E-state index in [-0.39, 0.29) is 17.9 Å². The SMILES string of the molecule is COC(=O)Cn1cc(-c2cc(O)ccc2F)cn1. The van der Waals surface area contributed by atoms with Crippen molar-refractivity contribution in [3.63, 3.8) is 0 Å². The zero-order valence-electron chi connectivity index (χ0n) is 9.63. The first-order valence-electron chi connectivity index (χ1n) is 5.18. The van der Waals surface area contributed by atoms with Gasteiger partial charge < -0.3 is 9.84 Å². The van der Waals surface area contributed by atoms with E-state index in [0.717, 1.165) is 0 Å². The Morgan fingerprint density at radius 3 is 3.06 bits per heavy atom. The third-order valence-electron chi connectivity index (χ3n) is 2.41. The van der Waals surface area contributed by atoms with Crippen LogP contribution in [0.15, 0.2) is 30.6 Å². The van der Waals surface area contributed by atoms with Crippen LogP contribution in [0.3, 0.4) is 0 Å². The van der Waals surface area contributed by atoms with Gasteiger partial charge in [-0.1, -0.05) is 0 Å². The van der Waals surface area contributed by atoms with Crippen LogP contribution in [0, 0.1) is 5.82 Å². The van der Waals surface area contributed by atoms with Gasteiger partial charge in [-0.05, 0) is 18.2 Å². The minimum atomic E-state index is -0.467. The Bertz CT molecular complexity index is 580. The van der Waals surface area contributed by atoms with Crippen molar-refractivity contribution in [3.8, 4) is 16.9 Å². The molecule has 0 saturated carbocycles. The maximum Gasteiger partial charge on any atom is 0.327 e. The molecule has 0 unspecified atom stereocenters. The number of hydrogen-bond donors (Lipinski definition) is 1. The molecule has 94 valence electrons. The molecule has 1 N–H and O–H groups in total. The summed E-state index contributed by atoms with van der Waals surface area (Å²) in [7, 11) is 1.28. The van der Waals surface area contributed by atoms with Gasteiger partial charge in [-0.3, -0.25) is 9.48 Å². The third-order valence-corrected chi connectivity index (χ3v) is 2.41. The molecule has 0 amide bonds. The lowest BCUT2D eigenvalue weighted by Gasteiger charge is -2.01. The van der Waals surface area contributed by atoms with E-state index < -0.39 is 11.8 Å². The summed E-state index contributed by atoms with van der Waals surface area (Å²) in [5.74, 6) is -0.946. The number of esters is 1. The fourth-order valence-corrected chi connectivity index (χ4v) is 1.52. The smallest absolute Gasteiger partial charge is 0.327 e. The highest BCUT2D eigenvalue weighted by molar-refractivity contribution is 5.69. The molecule has 18 heavy (non-hydrogen) atoms. The van der Waals surface area contributed by atoms with Crippen LogP contribution in [0.2, 0.25) is 0 Å². The van der Waals surface area contributed by atoms with E-state index >= 15 is 0 Å². The van der Waals surface area contributed by atoms with Crippen LogP contribution in [-0.4, -0.2) is 28.0 Å². The standard InChI is InChI=1S/C12H11FN2O3/c1-18-12(17)7-15-6-8(5-14-15)10-4-9(16)2-3-11(10)13/h2-6,16H,7H2,1H3. The van der Waals surface area contributed by atoms with Gasteiger partial charge in [0.05, 0.1) is 13.3 Å². The molecule has 2 aromatic rings. The van der Waals surface area contributed by atoms with Gasteiger partial charge in [0.25, 0.3) is 0 Å². The molecule has 5 nitrogen and oxygen atoms in total. The lowest BCUT2D eigenvalue weighted by Crippen LogP contribution is -2.11. The molecule has 1 aromatic heterocycles. The summed E-state index contributed by atoms with van der Waals surface area (Å²) in [6.07, 6.45) is 2.93. The molecular formula is C12H11FN2O3. The molecule has 1 aromatic carbocycles. The van der Waals surface area contributed by atoms with Crippen molar-refractivity contribution in [2.24, 2.45) is 0 Å². The molecule has 2 rings (SSSR count). The fraction of sp³-hybridized carbons (Fsp3) is 0.167. The van der Waals surface area contributed by atoms with Crippen molar-refractivity contribution in [3.05, 3.63) is 36.4 Å². The number of hydrogen-bond acceptors (Lipinski definition) is 4. The number of rotatable bonds is 3. The number of methoxy groups -OCH3 is 1. The topological polar surface area (TPSA) is 64.3 Å². The summed E-state index contributed by atoms with van der Waals surface area (Å²) in [6.45, 7) is -0.0447. The molecule has 0 aliphatic rings. The van der Waals surface area contributed by atoms with Crippen molar-refractivity contribution in [2.75, 3.05) is 7.11 Å². The second-order valence-corrected chi connectivity index (χ2v) is 3.67. The summed E-state index contributed by atoms with van der Waals surface area (Å²) in [5, 5.41) is 13.2. The van der Waals surface area contributed by atoms with Gasteiger partial charge in [-0.15, -0.1) is 0 Å². The molecule has 0 bridgehead atoms. The predicted octanol–water partition coefficient (Wildman–Crippen LogP) is 1.57. The monoisotopic (exact) mass is 250 g/mol. The van der Waals surface area contributed by atoms with Crippen LogP contribution in [0.1, 0.15) is 0 Å². The van der Waals surface area contributed by atoms with Crippen molar-refractivity contribution >= 4 is 5.97 Å². The van der Waals surface area contributed by atoms with Crippen molar-refractivity contribution in [1.82, 2.24) is 9.78 Å². The van der Waals surface area contributed by atoms with Crippen LogP contribution in [0.5, 0.6) is 5.75 Å². The summed E-state index contributed by atoms with van der Waals surface area (Å²) in [5.41, 5.74) is 0.707. The number of benzene rings is 1. The molecule has 0 aliphatic carbocycles. The quantitative estimate of drug-likeness (QED) is 0.840. The van der Waals surface area contributed by atoms with Gasteiger partial charge in [0.2, 0.25) is 0 Å². The molecule has 0 radical (unpaired) electrons. The van der Waals surface area contributed by atoms with Gasteiger partial charge in [0.15, 0.2) is 0 Å². The van der Waals surface area contributed by atoms with E-state index in [9.17, 15) is 14.3 Å².